The fourth-order valence-electron chi connectivity index (χ4n) is 1.89. The Morgan fingerprint density at radius 1 is 1.64 bits per heavy atom. The van der Waals surface area contributed by atoms with Gasteiger partial charge in [-0.2, -0.15) is 0 Å². The minimum atomic E-state index is 0.332. The SMILES string of the molecule is CCc1cc(C)sc1C(=O)C1CC1C. The first-order valence-corrected chi connectivity index (χ1v) is 6.08. The van der Waals surface area contributed by atoms with Gasteiger partial charge in [0, 0.05) is 10.8 Å². The molecule has 1 aromatic rings. The molecule has 1 heterocycles. The molecule has 2 unspecified atom stereocenters. The van der Waals surface area contributed by atoms with Crippen LogP contribution in [0.15, 0.2) is 6.07 Å². The Bertz CT molecular complexity index is 364. The van der Waals surface area contributed by atoms with Crippen LogP contribution in [0.4, 0.5) is 0 Å². The van der Waals surface area contributed by atoms with E-state index in [4.69, 9.17) is 0 Å². The molecule has 1 nitrogen and oxygen atoms in total. The second-order valence-electron chi connectivity index (χ2n) is 4.25. The van der Waals surface area contributed by atoms with E-state index in [0.717, 1.165) is 17.7 Å². The third kappa shape index (κ3) is 1.63. The van der Waals surface area contributed by atoms with Gasteiger partial charge in [0.05, 0.1) is 4.88 Å². The van der Waals surface area contributed by atoms with Crippen LogP contribution in [0.2, 0.25) is 0 Å². The molecule has 2 rings (SSSR count). The second-order valence-corrected chi connectivity index (χ2v) is 5.51. The van der Waals surface area contributed by atoms with Gasteiger partial charge in [0.15, 0.2) is 5.78 Å². The molecule has 0 radical (unpaired) electrons. The van der Waals surface area contributed by atoms with Crippen LogP contribution in [0.3, 0.4) is 0 Å². The number of hydrogen-bond donors (Lipinski definition) is 0. The lowest BCUT2D eigenvalue weighted by Crippen LogP contribution is -2.02. The lowest BCUT2D eigenvalue weighted by molar-refractivity contribution is 0.0965. The second kappa shape index (κ2) is 3.50. The predicted octanol–water partition coefficient (Wildman–Crippen LogP) is 3.46. The van der Waals surface area contributed by atoms with Crippen LogP contribution in [0.5, 0.6) is 0 Å². The van der Waals surface area contributed by atoms with E-state index in [1.165, 1.54) is 10.4 Å². The maximum Gasteiger partial charge on any atom is 0.176 e. The van der Waals surface area contributed by atoms with Crippen LogP contribution in [-0.4, -0.2) is 5.78 Å². The Morgan fingerprint density at radius 2 is 2.29 bits per heavy atom. The summed E-state index contributed by atoms with van der Waals surface area (Å²) in [7, 11) is 0. The van der Waals surface area contributed by atoms with E-state index < -0.39 is 0 Å². The molecule has 0 aromatic carbocycles. The van der Waals surface area contributed by atoms with Gasteiger partial charge in [-0.3, -0.25) is 4.79 Å². The van der Waals surface area contributed by atoms with E-state index in [9.17, 15) is 4.79 Å². The summed E-state index contributed by atoms with van der Waals surface area (Å²) in [5, 5.41) is 0. The number of thiophene rings is 1. The van der Waals surface area contributed by atoms with Crippen molar-refractivity contribution in [2.24, 2.45) is 11.8 Å². The van der Waals surface area contributed by atoms with Crippen LogP contribution in [0.25, 0.3) is 0 Å². The lowest BCUT2D eigenvalue weighted by Gasteiger charge is -1.98. The maximum atomic E-state index is 12.0. The minimum Gasteiger partial charge on any atom is -0.293 e. The molecule has 2 heteroatoms. The normalized spacial score (nSPS) is 25.1. The van der Waals surface area contributed by atoms with E-state index in [1.54, 1.807) is 11.3 Å². The predicted molar refractivity (Wildman–Crippen MR) is 60.0 cm³/mol. The van der Waals surface area contributed by atoms with Crippen molar-refractivity contribution >= 4 is 17.1 Å². The summed E-state index contributed by atoms with van der Waals surface area (Å²) in [6.07, 6.45) is 2.07. The molecule has 0 saturated heterocycles. The summed E-state index contributed by atoms with van der Waals surface area (Å²) in [4.78, 5) is 14.3. The number of ketones is 1. The Kier molecular flexibility index (Phi) is 2.48. The summed E-state index contributed by atoms with van der Waals surface area (Å²) in [6.45, 7) is 6.36. The molecule has 1 aromatic heterocycles. The largest absolute Gasteiger partial charge is 0.293 e. The van der Waals surface area contributed by atoms with Crippen LogP contribution in [0, 0.1) is 18.8 Å². The van der Waals surface area contributed by atoms with Crippen molar-refractivity contribution in [1.29, 1.82) is 0 Å². The standard InChI is InChI=1S/C12H16OS/c1-4-9-6-8(3)14-12(9)11(13)10-5-7(10)2/h6-7,10H,4-5H2,1-3H3. The molecule has 0 bridgehead atoms. The smallest absolute Gasteiger partial charge is 0.176 e. The van der Waals surface area contributed by atoms with E-state index in [2.05, 4.69) is 26.8 Å². The van der Waals surface area contributed by atoms with E-state index in [0.29, 0.717) is 17.6 Å². The van der Waals surface area contributed by atoms with Crippen molar-refractivity contribution in [3.63, 3.8) is 0 Å². The number of Topliss-reactive ketones (excluding diaryl/α,β-unsaturated/α-hetero) is 1. The van der Waals surface area contributed by atoms with Gasteiger partial charge in [0.2, 0.25) is 0 Å². The third-order valence-corrected chi connectivity index (χ3v) is 4.09. The number of carbonyl (C=O) groups excluding carboxylic acids is 1. The van der Waals surface area contributed by atoms with Gasteiger partial charge in [0.1, 0.15) is 0 Å². The monoisotopic (exact) mass is 208 g/mol. The van der Waals surface area contributed by atoms with Crippen molar-refractivity contribution < 1.29 is 4.79 Å². The summed E-state index contributed by atoms with van der Waals surface area (Å²) in [5.74, 6) is 1.35. The Labute approximate surface area is 89.1 Å². The van der Waals surface area contributed by atoms with Gasteiger partial charge in [-0.05, 0) is 37.3 Å². The minimum absolute atomic E-state index is 0.332. The molecular formula is C12H16OS. The van der Waals surface area contributed by atoms with Crippen LogP contribution in [-0.2, 0) is 6.42 Å². The highest BCUT2D eigenvalue weighted by atomic mass is 32.1. The van der Waals surface area contributed by atoms with Crippen LogP contribution < -0.4 is 0 Å². The highest BCUT2D eigenvalue weighted by Crippen LogP contribution is 2.42. The van der Waals surface area contributed by atoms with Gasteiger partial charge in [-0.15, -0.1) is 11.3 Å². The highest BCUT2D eigenvalue weighted by Gasteiger charge is 2.40. The third-order valence-electron chi connectivity index (χ3n) is 2.98. The molecule has 1 fully saturated rings. The Balaban J connectivity index is 2.26. The molecule has 0 amide bonds. The quantitative estimate of drug-likeness (QED) is 0.695. The van der Waals surface area contributed by atoms with Gasteiger partial charge in [0.25, 0.3) is 0 Å². The van der Waals surface area contributed by atoms with E-state index in [-0.39, 0.29) is 0 Å². The molecule has 1 aliphatic carbocycles. The molecule has 0 N–H and O–H groups in total. The Morgan fingerprint density at radius 3 is 2.79 bits per heavy atom. The first kappa shape index (κ1) is 9.91. The molecule has 0 aliphatic heterocycles. The van der Waals surface area contributed by atoms with E-state index in [1.807, 2.05) is 0 Å². The zero-order valence-electron chi connectivity index (χ0n) is 8.96. The first-order chi connectivity index (χ1) is 6.63. The average Bonchev–Trinajstić information content (AvgIpc) is 2.74. The highest BCUT2D eigenvalue weighted by molar-refractivity contribution is 7.14. The number of aryl methyl sites for hydroxylation is 2. The zero-order valence-corrected chi connectivity index (χ0v) is 9.78. The average molecular weight is 208 g/mol. The van der Waals surface area contributed by atoms with Crippen molar-refractivity contribution in [2.45, 2.75) is 33.6 Å². The van der Waals surface area contributed by atoms with Gasteiger partial charge < -0.3 is 0 Å². The maximum absolute atomic E-state index is 12.0. The van der Waals surface area contributed by atoms with Crippen molar-refractivity contribution in [1.82, 2.24) is 0 Å². The topological polar surface area (TPSA) is 17.1 Å². The van der Waals surface area contributed by atoms with Gasteiger partial charge in [-0.25, -0.2) is 0 Å². The van der Waals surface area contributed by atoms with Crippen LogP contribution >= 0.6 is 11.3 Å². The molecular weight excluding hydrogens is 192 g/mol. The molecule has 1 saturated carbocycles. The zero-order chi connectivity index (χ0) is 10.3. The summed E-state index contributed by atoms with van der Waals surface area (Å²) < 4.78 is 0. The number of rotatable bonds is 3. The lowest BCUT2D eigenvalue weighted by atomic mass is 10.1. The Hall–Kier alpha value is -0.630. The fourth-order valence-corrected chi connectivity index (χ4v) is 3.00. The molecule has 1 aliphatic rings. The fraction of sp³-hybridized carbons (Fsp3) is 0.583. The first-order valence-electron chi connectivity index (χ1n) is 5.27. The van der Waals surface area contributed by atoms with E-state index >= 15 is 0 Å². The van der Waals surface area contributed by atoms with Crippen molar-refractivity contribution in [3.05, 3.63) is 21.4 Å². The molecule has 76 valence electrons. The summed E-state index contributed by atoms with van der Waals surface area (Å²) in [6, 6.07) is 2.16. The summed E-state index contributed by atoms with van der Waals surface area (Å²) in [5.41, 5.74) is 1.25. The van der Waals surface area contributed by atoms with Crippen molar-refractivity contribution in [3.8, 4) is 0 Å². The molecule has 14 heavy (non-hydrogen) atoms. The van der Waals surface area contributed by atoms with Gasteiger partial charge >= 0.3 is 0 Å². The van der Waals surface area contributed by atoms with Crippen LogP contribution in [0.1, 0.15) is 40.4 Å². The van der Waals surface area contributed by atoms with Crippen molar-refractivity contribution in [2.75, 3.05) is 0 Å². The molecule has 0 spiro atoms. The number of hydrogen-bond acceptors (Lipinski definition) is 2. The van der Waals surface area contributed by atoms with Gasteiger partial charge in [-0.1, -0.05) is 13.8 Å². The molecule has 2 atom stereocenters. The summed E-state index contributed by atoms with van der Waals surface area (Å²) >= 11 is 1.67. The number of carbonyl (C=O) groups is 1.